The molecule has 33 heavy (non-hydrogen) atoms. The van der Waals surface area contributed by atoms with E-state index >= 15 is 0 Å². The number of piperidine rings is 1. The molecule has 3 rings (SSSR count). The molecule has 1 aliphatic heterocycles. The van der Waals surface area contributed by atoms with Crippen LogP contribution in [0.4, 0.5) is 0 Å². The number of methoxy groups -OCH3 is 1. The van der Waals surface area contributed by atoms with Gasteiger partial charge in [0.1, 0.15) is 11.8 Å². The molecule has 6 nitrogen and oxygen atoms in total. The van der Waals surface area contributed by atoms with Crippen LogP contribution in [0, 0.1) is 5.92 Å². The summed E-state index contributed by atoms with van der Waals surface area (Å²) in [5, 5.41) is 2.81. The lowest BCUT2D eigenvalue weighted by molar-refractivity contribution is -0.134. The van der Waals surface area contributed by atoms with Crippen LogP contribution in [0.5, 0.6) is 5.75 Å². The van der Waals surface area contributed by atoms with Gasteiger partial charge in [0, 0.05) is 30.1 Å². The lowest BCUT2D eigenvalue weighted by Crippen LogP contribution is -2.49. The van der Waals surface area contributed by atoms with Gasteiger partial charge in [-0.25, -0.2) is 0 Å². The first-order valence-electron chi connectivity index (χ1n) is 11.5. The third-order valence-electron chi connectivity index (χ3n) is 6.28. The number of benzene rings is 2. The number of amides is 2. The SMILES string of the molecule is COc1ccc(C(=O)C2CCN(C(=O)[C@H](C)NC(=O)c3ccc(C(C)(C)C)cc3)CC2)cc1. The normalized spacial score (nSPS) is 15.6. The zero-order valence-electron chi connectivity index (χ0n) is 20.2. The van der Waals surface area contributed by atoms with E-state index in [1.165, 1.54) is 0 Å². The number of Topliss-reactive ketones (excluding diaryl/α,β-unsaturated/α-hetero) is 1. The van der Waals surface area contributed by atoms with Crippen LogP contribution in [0.2, 0.25) is 0 Å². The van der Waals surface area contributed by atoms with Gasteiger partial charge in [0.2, 0.25) is 5.91 Å². The number of ketones is 1. The highest BCUT2D eigenvalue weighted by Crippen LogP contribution is 2.24. The summed E-state index contributed by atoms with van der Waals surface area (Å²) in [7, 11) is 1.59. The molecular formula is C27H34N2O4. The van der Waals surface area contributed by atoms with Crippen molar-refractivity contribution in [3.8, 4) is 5.75 Å². The van der Waals surface area contributed by atoms with Crippen molar-refractivity contribution < 1.29 is 19.1 Å². The Bertz CT molecular complexity index is 982. The van der Waals surface area contributed by atoms with Gasteiger partial charge >= 0.3 is 0 Å². The minimum absolute atomic E-state index is 0.0130. The molecule has 176 valence electrons. The third kappa shape index (κ3) is 6.01. The topological polar surface area (TPSA) is 75.7 Å². The summed E-state index contributed by atoms with van der Waals surface area (Å²) in [6, 6.07) is 14.0. The number of rotatable bonds is 6. The quantitative estimate of drug-likeness (QED) is 0.668. The monoisotopic (exact) mass is 450 g/mol. The van der Waals surface area contributed by atoms with Crippen molar-refractivity contribution in [2.24, 2.45) is 5.92 Å². The van der Waals surface area contributed by atoms with Crippen LogP contribution < -0.4 is 10.1 Å². The second-order valence-corrected chi connectivity index (χ2v) is 9.71. The molecule has 6 heteroatoms. The van der Waals surface area contributed by atoms with E-state index in [1.54, 1.807) is 55.3 Å². The van der Waals surface area contributed by atoms with Gasteiger partial charge in [0.25, 0.3) is 5.91 Å². The van der Waals surface area contributed by atoms with Gasteiger partial charge in [-0.2, -0.15) is 0 Å². The summed E-state index contributed by atoms with van der Waals surface area (Å²) in [5.41, 5.74) is 2.36. The van der Waals surface area contributed by atoms with Gasteiger partial charge < -0.3 is 15.0 Å². The molecule has 1 aliphatic rings. The number of ether oxygens (including phenoxy) is 1. The van der Waals surface area contributed by atoms with E-state index in [-0.39, 0.29) is 28.9 Å². The Morgan fingerprint density at radius 2 is 1.48 bits per heavy atom. The van der Waals surface area contributed by atoms with Crippen molar-refractivity contribution in [3.63, 3.8) is 0 Å². The van der Waals surface area contributed by atoms with E-state index in [0.29, 0.717) is 42.8 Å². The Morgan fingerprint density at radius 3 is 2.00 bits per heavy atom. The summed E-state index contributed by atoms with van der Waals surface area (Å²) in [6.45, 7) is 9.08. The van der Waals surface area contributed by atoms with E-state index in [1.807, 2.05) is 12.1 Å². The van der Waals surface area contributed by atoms with Gasteiger partial charge in [-0.05, 0) is 67.1 Å². The second kappa shape index (κ2) is 10.2. The van der Waals surface area contributed by atoms with Crippen LogP contribution in [-0.2, 0) is 10.2 Å². The van der Waals surface area contributed by atoms with Crippen LogP contribution in [0.25, 0.3) is 0 Å². The largest absolute Gasteiger partial charge is 0.497 e. The summed E-state index contributed by atoms with van der Waals surface area (Å²) in [4.78, 5) is 40.0. The molecule has 0 saturated carbocycles. The first-order valence-corrected chi connectivity index (χ1v) is 11.5. The molecule has 0 bridgehead atoms. The zero-order chi connectivity index (χ0) is 24.2. The predicted octanol–water partition coefficient (Wildman–Crippen LogP) is 4.23. The van der Waals surface area contributed by atoms with Crippen molar-refractivity contribution >= 4 is 17.6 Å². The van der Waals surface area contributed by atoms with Crippen LogP contribution in [0.15, 0.2) is 48.5 Å². The molecule has 0 aliphatic carbocycles. The van der Waals surface area contributed by atoms with Crippen LogP contribution in [0.3, 0.4) is 0 Å². The maximum Gasteiger partial charge on any atom is 0.251 e. The van der Waals surface area contributed by atoms with Crippen molar-refractivity contribution in [1.29, 1.82) is 0 Å². The summed E-state index contributed by atoms with van der Waals surface area (Å²) in [6.07, 6.45) is 1.23. The number of hydrogen-bond acceptors (Lipinski definition) is 4. The number of carbonyl (C=O) groups excluding carboxylic acids is 3. The maximum atomic E-state index is 12.9. The Hall–Kier alpha value is -3.15. The van der Waals surface area contributed by atoms with Crippen LogP contribution in [-0.4, -0.2) is 48.7 Å². The van der Waals surface area contributed by atoms with Gasteiger partial charge in [-0.1, -0.05) is 32.9 Å². The standard InChI is InChI=1S/C27H34N2O4/c1-18(28-25(31)21-6-10-22(11-7-21)27(2,3)4)26(32)29-16-14-20(15-17-29)24(30)19-8-12-23(33-5)13-9-19/h6-13,18,20H,14-17H2,1-5H3,(H,28,31)/t18-/m0/s1. The number of hydrogen-bond donors (Lipinski definition) is 1. The average Bonchev–Trinajstić information content (AvgIpc) is 2.82. The highest BCUT2D eigenvalue weighted by molar-refractivity contribution is 5.99. The number of likely N-dealkylation sites (tertiary alicyclic amines) is 1. The number of carbonyl (C=O) groups is 3. The molecule has 1 saturated heterocycles. The summed E-state index contributed by atoms with van der Waals surface area (Å²) in [5.74, 6) is 0.331. The molecule has 0 spiro atoms. The van der Waals surface area contributed by atoms with E-state index in [9.17, 15) is 14.4 Å². The average molecular weight is 451 g/mol. The Balaban J connectivity index is 1.52. The minimum atomic E-state index is -0.631. The molecule has 2 aromatic rings. The van der Waals surface area contributed by atoms with Gasteiger partial charge in [-0.15, -0.1) is 0 Å². The van der Waals surface area contributed by atoms with Gasteiger partial charge in [0.15, 0.2) is 5.78 Å². The molecule has 0 unspecified atom stereocenters. The number of nitrogens with one attached hydrogen (secondary N) is 1. The molecular weight excluding hydrogens is 416 g/mol. The predicted molar refractivity (Wildman–Crippen MR) is 129 cm³/mol. The van der Waals surface area contributed by atoms with Crippen LogP contribution >= 0.6 is 0 Å². The molecule has 1 fully saturated rings. The molecule has 1 heterocycles. The molecule has 1 N–H and O–H groups in total. The van der Waals surface area contributed by atoms with E-state index in [0.717, 1.165) is 5.56 Å². The lowest BCUT2D eigenvalue weighted by Gasteiger charge is -2.33. The molecule has 2 amide bonds. The Morgan fingerprint density at radius 1 is 0.939 bits per heavy atom. The molecule has 2 aromatic carbocycles. The molecule has 1 atom stereocenters. The fourth-order valence-corrected chi connectivity index (χ4v) is 4.09. The van der Waals surface area contributed by atoms with Crippen LogP contribution in [0.1, 0.15) is 66.8 Å². The van der Waals surface area contributed by atoms with Crippen molar-refractivity contribution in [2.75, 3.05) is 20.2 Å². The third-order valence-corrected chi connectivity index (χ3v) is 6.28. The lowest BCUT2D eigenvalue weighted by atomic mass is 9.86. The second-order valence-electron chi connectivity index (χ2n) is 9.71. The zero-order valence-corrected chi connectivity index (χ0v) is 20.2. The fourth-order valence-electron chi connectivity index (χ4n) is 4.09. The van der Waals surface area contributed by atoms with Crippen molar-refractivity contribution in [2.45, 2.75) is 52.0 Å². The first-order chi connectivity index (χ1) is 15.6. The highest BCUT2D eigenvalue weighted by Gasteiger charge is 2.30. The first kappa shape index (κ1) is 24.5. The van der Waals surface area contributed by atoms with Crippen molar-refractivity contribution in [1.82, 2.24) is 10.2 Å². The molecule has 0 radical (unpaired) electrons. The van der Waals surface area contributed by atoms with Crippen molar-refractivity contribution in [3.05, 3.63) is 65.2 Å². The van der Waals surface area contributed by atoms with E-state index in [2.05, 4.69) is 26.1 Å². The van der Waals surface area contributed by atoms with Gasteiger partial charge in [-0.3, -0.25) is 14.4 Å². The van der Waals surface area contributed by atoms with E-state index in [4.69, 9.17) is 4.74 Å². The molecule has 0 aromatic heterocycles. The van der Waals surface area contributed by atoms with E-state index < -0.39 is 6.04 Å². The highest BCUT2D eigenvalue weighted by atomic mass is 16.5. The number of nitrogens with zero attached hydrogens (tertiary/aromatic N) is 1. The fraction of sp³-hybridized carbons (Fsp3) is 0.444. The Kier molecular flexibility index (Phi) is 7.57. The summed E-state index contributed by atoms with van der Waals surface area (Å²) >= 11 is 0. The maximum absolute atomic E-state index is 12.9. The Labute approximate surface area is 196 Å². The minimum Gasteiger partial charge on any atom is -0.497 e. The summed E-state index contributed by atoms with van der Waals surface area (Å²) < 4.78 is 5.15. The van der Waals surface area contributed by atoms with Gasteiger partial charge in [0.05, 0.1) is 7.11 Å². The smallest absolute Gasteiger partial charge is 0.251 e.